The maximum Gasteiger partial charge on any atom is 0.254 e. The van der Waals surface area contributed by atoms with Crippen LogP contribution in [0.25, 0.3) is 11.0 Å². The Labute approximate surface area is 148 Å². The minimum Gasteiger partial charge on any atom is -0.497 e. The Kier molecular flexibility index (Phi) is 5.83. The second kappa shape index (κ2) is 7.64. The van der Waals surface area contributed by atoms with Gasteiger partial charge in [-0.3, -0.25) is 0 Å². The molecule has 0 N–H and O–H groups in total. The Balaban J connectivity index is 0.00000192. The zero-order valence-corrected chi connectivity index (χ0v) is 15.7. The van der Waals surface area contributed by atoms with Gasteiger partial charge in [0.15, 0.2) is 11.0 Å². The summed E-state index contributed by atoms with van der Waals surface area (Å²) in [4.78, 5) is 0. The molecule has 1 aromatic heterocycles. The number of aromatic nitrogens is 2. The van der Waals surface area contributed by atoms with Gasteiger partial charge in [0.05, 0.1) is 13.7 Å². The fourth-order valence-electron chi connectivity index (χ4n) is 3.07. The van der Waals surface area contributed by atoms with Gasteiger partial charge in [0.25, 0.3) is 5.82 Å². The van der Waals surface area contributed by atoms with Crippen molar-refractivity contribution < 1.29 is 9.30 Å². The van der Waals surface area contributed by atoms with Crippen LogP contribution >= 0.6 is 17.0 Å². The molecule has 122 valence electrons. The second-order valence-electron chi connectivity index (χ2n) is 5.63. The second-order valence-corrected chi connectivity index (χ2v) is 5.63. The number of rotatable bonds is 5. The highest BCUT2D eigenvalue weighted by atomic mass is 79.9. The molecule has 1 heterocycles. The third-order valence-electron chi connectivity index (χ3n) is 4.17. The summed E-state index contributed by atoms with van der Waals surface area (Å²) in [5.41, 5.74) is 3.85. The fraction of sp³-hybridized carbons (Fsp3) is 0.316. The van der Waals surface area contributed by atoms with Crippen molar-refractivity contribution in [1.82, 2.24) is 4.57 Å². The Morgan fingerprint density at radius 3 is 2.61 bits per heavy atom. The van der Waals surface area contributed by atoms with Gasteiger partial charge in [0, 0.05) is 6.92 Å². The largest absolute Gasteiger partial charge is 0.497 e. The quantitative estimate of drug-likeness (QED) is 0.608. The van der Waals surface area contributed by atoms with E-state index in [1.165, 1.54) is 22.4 Å². The predicted octanol–water partition coefficient (Wildman–Crippen LogP) is 4.28. The lowest BCUT2D eigenvalue weighted by Crippen LogP contribution is -2.37. The molecular weight excluding hydrogens is 352 g/mol. The van der Waals surface area contributed by atoms with E-state index in [0.29, 0.717) is 0 Å². The van der Waals surface area contributed by atoms with E-state index in [0.717, 1.165) is 25.3 Å². The van der Waals surface area contributed by atoms with Crippen LogP contribution in [0.3, 0.4) is 0 Å². The van der Waals surface area contributed by atoms with Gasteiger partial charge in [-0.05, 0) is 36.2 Å². The number of para-hydroxylation sites is 2. The maximum absolute atomic E-state index is 5.34. The van der Waals surface area contributed by atoms with Crippen LogP contribution in [0, 0.1) is 6.92 Å². The van der Waals surface area contributed by atoms with Crippen molar-refractivity contribution in [3.63, 3.8) is 0 Å². The van der Waals surface area contributed by atoms with Crippen molar-refractivity contribution in [2.45, 2.75) is 33.4 Å². The molecule has 0 amide bonds. The van der Waals surface area contributed by atoms with E-state index >= 15 is 0 Å². The topological polar surface area (TPSA) is 18.0 Å². The van der Waals surface area contributed by atoms with Crippen molar-refractivity contribution in [3.8, 4) is 5.75 Å². The van der Waals surface area contributed by atoms with E-state index < -0.39 is 0 Å². The number of aryl methyl sites for hydroxylation is 1. The molecule has 0 saturated heterocycles. The molecule has 3 nitrogen and oxygen atoms in total. The molecule has 0 spiro atoms. The van der Waals surface area contributed by atoms with E-state index in [1.54, 1.807) is 7.11 Å². The molecule has 0 bridgehead atoms. The SMILES string of the molecule is Br.CCCn1c(C)[n+](Cc2cccc(OC)c2)c2ccccc21. The predicted molar refractivity (Wildman–Crippen MR) is 99.6 cm³/mol. The van der Waals surface area contributed by atoms with Crippen LogP contribution in [0.15, 0.2) is 48.5 Å². The Bertz CT molecular complexity index is 795. The lowest BCUT2D eigenvalue weighted by Gasteiger charge is -2.04. The first-order valence-electron chi connectivity index (χ1n) is 7.85. The highest BCUT2D eigenvalue weighted by Gasteiger charge is 2.20. The summed E-state index contributed by atoms with van der Waals surface area (Å²) in [6, 6.07) is 16.9. The molecule has 0 aliphatic rings. The molecule has 0 atom stereocenters. The van der Waals surface area contributed by atoms with Gasteiger partial charge in [0.2, 0.25) is 0 Å². The highest BCUT2D eigenvalue weighted by molar-refractivity contribution is 8.93. The van der Waals surface area contributed by atoms with Gasteiger partial charge < -0.3 is 4.74 Å². The summed E-state index contributed by atoms with van der Waals surface area (Å²) in [7, 11) is 1.71. The normalized spacial score (nSPS) is 10.6. The zero-order valence-electron chi connectivity index (χ0n) is 14.0. The summed E-state index contributed by atoms with van der Waals surface area (Å²) >= 11 is 0. The lowest BCUT2D eigenvalue weighted by molar-refractivity contribution is -0.669. The van der Waals surface area contributed by atoms with Crippen molar-refractivity contribution in [1.29, 1.82) is 0 Å². The van der Waals surface area contributed by atoms with Gasteiger partial charge in [-0.2, -0.15) is 0 Å². The van der Waals surface area contributed by atoms with Gasteiger partial charge in [-0.25, -0.2) is 9.13 Å². The lowest BCUT2D eigenvalue weighted by atomic mass is 10.2. The molecule has 0 radical (unpaired) electrons. The highest BCUT2D eigenvalue weighted by Crippen LogP contribution is 2.17. The van der Waals surface area contributed by atoms with Crippen LogP contribution in [0.1, 0.15) is 24.7 Å². The minimum atomic E-state index is 0. The van der Waals surface area contributed by atoms with Crippen molar-refractivity contribution in [2.24, 2.45) is 0 Å². The first kappa shape index (κ1) is 17.5. The number of hydrogen-bond acceptors (Lipinski definition) is 1. The number of hydrogen-bond donors (Lipinski definition) is 0. The Hall–Kier alpha value is -1.81. The van der Waals surface area contributed by atoms with Crippen LogP contribution in [0.5, 0.6) is 5.75 Å². The smallest absolute Gasteiger partial charge is 0.254 e. The average Bonchev–Trinajstić information content (AvgIpc) is 2.81. The molecule has 4 heteroatoms. The molecule has 0 fully saturated rings. The summed E-state index contributed by atoms with van der Waals surface area (Å²) in [6.07, 6.45) is 1.14. The van der Waals surface area contributed by atoms with Crippen LogP contribution < -0.4 is 9.30 Å². The fourth-order valence-corrected chi connectivity index (χ4v) is 3.07. The molecule has 0 unspecified atom stereocenters. The summed E-state index contributed by atoms with van der Waals surface area (Å²) in [5.74, 6) is 2.21. The van der Waals surface area contributed by atoms with Crippen molar-refractivity contribution >= 4 is 28.0 Å². The monoisotopic (exact) mass is 375 g/mol. The molecule has 23 heavy (non-hydrogen) atoms. The van der Waals surface area contributed by atoms with Gasteiger partial charge >= 0.3 is 0 Å². The molecular formula is C19H24BrN2O+. The summed E-state index contributed by atoms with van der Waals surface area (Å²) in [5, 5.41) is 0. The van der Waals surface area contributed by atoms with Gasteiger partial charge in [-0.15, -0.1) is 17.0 Å². The molecule has 2 aromatic carbocycles. The van der Waals surface area contributed by atoms with Crippen LogP contribution in [-0.2, 0) is 13.1 Å². The molecule has 3 rings (SSSR count). The average molecular weight is 376 g/mol. The first-order chi connectivity index (χ1) is 10.7. The first-order valence-corrected chi connectivity index (χ1v) is 7.85. The third kappa shape index (κ3) is 3.42. The van der Waals surface area contributed by atoms with Gasteiger partial charge in [-0.1, -0.05) is 31.2 Å². The molecule has 3 aromatic rings. The maximum atomic E-state index is 5.34. The molecule has 0 aliphatic carbocycles. The van der Waals surface area contributed by atoms with Crippen molar-refractivity contribution in [2.75, 3.05) is 7.11 Å². The molecule has 0 saturated carbocycles. The standard InChI is InChI=1S/C19H23N2O.BrH/c1-4-12-20-15(2)21(19-11-6-5-10-18(19)20)14-16-8-7-9-17(13-16)22-3;/h5-11,13H,4,12,14H2,1-3H3;1H/q+1;. The van der Waals surface area contributed by atoms with E-state index in [1.807, 2.05) is 6.07 Å². The Morgan fingerprint density at radius 1 is 1.09 bits per heavy atom. The summed E-state index contributed by atoms with van der Waals surface area (Å²) in [6.45, 7) is 6.34. The zero-order chi connectivity index (χ0) is 15.5. The number of methoxy groups -OCH3 is 1. The minimum absolute atomic E-state index is 0. The van der Waals surface area contributed by atoms with Gasteiger partial charge in [0.1, 0.15) is 12.3 Å². The van der Waals surface area contributed by atoms with E-state index in [2.05, 4.69) is 65.4 Å². The number of ether oxygens (including phenoxy) is 1. The van der Waals surface area contributed by atoms with Crippen LogP contribution in [0.2, 0.25) is 0 Å². The van der Waals surface area contributed by atoms with E-state index in [9.17, 15) is 0 Å². The van der Waals surface area contributed by atoms with Crippen LogP contribution in [0.4, 0.5) is 0 Å². The Morgan fingerprint density at radius 2 is 1.87 bits per heavy atom. The van der Waals surface area contributed by atoms with E-state index in [-0.39, 0.29) is 17.0 Å². The van der Waals surface area contributed by atoms with Crippen LogP contribution in [-0.4, -0.2) is 11.7 Å². The number of halogens is 1. The number of nitrogens with zero attached hydrogens (tertiary/aromatic N) is 2. The van der Waals surface area contributed by atoms with Crippen molar-refractivity contribution in [3.05, 3.63) is 59.9 Å². The number of fused-ring (bicyclic) bond motifs is 1. The number of imidazole rings is 1. The molecule has 0 aliphatic heterocycles. The summed E-state index contributed by atoms with van der Waals surface area (Å²) < 4.78 is 10.1. The van der Waals surface area contributed by atoms with E-state index in [4.69, 9.17) is 4.74 Å². The number of benzene rings is 2. The third-order valence-corrected chi connectivity index (χ3v) is 4.17.